The predicted molar refractivity (Wildman–Crippen MR) is 84.6 cm³/mol. The van der Waals surface area contributed by atoms with Crippen LogP contribution in [-0.2, 0) is 6.42 Å². The molecule has 1 aromatic carbocycles. The maximum Gasteiger partial charge on any atom is 0.00302 e. The van der Waals surface area contributed by atoms with E-state index >= 15 is 0 Å². The molecule has 2 N–H and O–H groups in total. The summed E-state index contributed by atoms with van der Waals surface area (Å²) < 4.78 is 0. The molecule has 19 heavy (non-hydrogen) atoms. The number of nitrogens with two attached hydrogens (primary N) is 1. The van der Waals surface area contributed by atoms with Crippen molar-refractivity contribution >= 4 is 0 Å². The summed E-state index contributed by atoms with van der Waals surface area (Å²) in [6.07, 6.45) is 2.21. The number of aryl methyl sites for hydroxylation is 2. The largest absolute Gasteiger partial charge is 0.330 e. The Kier molecular flexibility index (Phi) is 6.02. The van der Waals surface area contributed by atoms with Crippen LogP contribution in [0.1, 0.15) is 37.0 Å². The smallest absolute Gasteiger partial charge is 0.00302 e. The first-order valence-corrected chi connectivity index (χ1v) is 7.29. The predicted octanol–water partition coefficient (Wildman–Crippen LogP) is 3.15. The molecular formula is C17H30N2. The van der Waals surface area contributed by atoms with Crippen molar-refractivity contribution in [2.45, 2.75) is 40.5 Å². The van der Waals surface area contributed by atoms with Gasteiger partial charge in [0.25, 0.3) is 0 Å². The first kappa shape index (κ1) is 16.2. The van der Waals surface area contributed by atoms with Gasteiger partial charge in [0.2, 0.25) is 0 Å². The van der Waals surface area contributed by atoms with E-state index in [-0.39, 0.29) is 0 Å². The van der Waals surface area contributed by atoms with Crippen LogP contribution in [-0.4, -0.2) is 31.6 Å². The van der Waals surface area contributed by atoms with Crippen molar-refractivity contribution in [1.29, 1.82) is 0 Å². The van der Waals surface area contributed by atoms with Crippen LogP contribution in [0.3, 0.4) is 0 Å². The molecule has 0 aliphatic rings. The van der Waals surface area contributed by atoms with Gasteiger partial charge in [-0.2, -0.15) is 0 Å². The number of hydrogen-bond acceptors (Lipinski definition) is 2. The first-order chi connectivity index (χ1) is 8.84. The van der Waals surface area contributed by atoms with Crippen LogP contribution in [0.4, 0.5) is 0 Å². The lowest BCUT2D eigenvalue weighted by Crippen LogP contribution is -2.34. The molecule has 108 valence electrons. The van der Waals surface area contributed by atoms with E-state index in [4.69, 9.17) is 5.73 Å². The van der Waals surface area contributed by atoms with Crippen molar-refractivity contribution in [2.24, 2.45) is 11.1 Å². The second kappa shape index (κ2) is 7.06. The molecule has 0 unspecified atom stereocenters. The summed E-state index contributed by atoms with van der Waals surface area (Å²) >= 11 is 0. The minimum atomic E-state index is 0.312. The van der Waals surface area contributed by atoms with Gasteiger partial charge in [0.05, 0.1) is 0 Å². The number of rotatable bonds is 7. The maximum absolute atomic E-state index is 5.67. The molecule has 0 spiro atoms. The Hall–Kier alpha value is -0.860. The fraction of sp³-hybridized carbons (Fsp3) is 0.647. The highest BCUT2D eigenvalue weighted by Gasteiger charge is 2.18. The third-order valence-corrected chi connectivity index (χ3v) is 3.87. The molecule has 1 rings (SSSR count). The molecule has 0 saturated carbocycles. The second-order valence-electron chi connectivity index (χ2n) is 6.61. The molecule has 0 amide bonds. The van der Waals surface area contributed by atoms with E-state index in [9.17, 15) is 0 Å². The summed E-state index contributed by atoms with van der Waals surface area (Å²) in [5.74, 6) is 0. The van der Waals surface area contributed by atoms with E-state index in [2.05, 4.69) is 57.8 Å². The van der Waals surface area contributed by atoms with Gasteiger partial charge in [0.1, 0.15) is 0 Å². The van der Waals surface area contributed by atoms with Gasteiger partial charge < -0.3 is 10.6 Å². The number of hydrogen-bond donors (Lipinski definition) is 1. The molecule has 0 aliphatic heterocycles. The summed E-state index contributed by atoms with van der Waals surface area (Å²) in [6.45, 7) is 11.9. The molecule has 1 aromatic rings. The fourth-order valence-corrected chi connectivity index (χ4v) is 2.56. The van der Waals surface area contributed by atoms with Crippen LogP contribution in [0, 0.1) is 19.3 Å². The van der Waals surface area contributed by atoms with E-state index in [1.165, 1.54) is 16.7 Å². The number of nitrogens with zero attached hydrogens (tertiary/aromatic N) is 1. The van der Waals surface area contributed by atoms with E-state index in [0.717, 1.165) is 32.5 Å². The second-order valence-corrected chi connectivity index (χ2v) is 6.61. The molecule has 0 aromatic heterocycles. The zero-order valence-corrected chi connectivity index (χ0v) is 13.3. The fourth-order valence-electron chi connectivity index (χ4n) is 2.56. The van der Waals surface area contributed by atoms with Crippen LogP contribution in [0.5, 0.6) is 0 Å². The van der Waals surface area contributed by atoms with Crippen LogP contribution < -0.4 is 5.73 Å². The Morgan fingerprint density at radius 2 is 1.84 bits per heavy atom. The molecule has 0 radical (unpaired) electrons. The summed E-state index contributed by atoms with van der Waals surface area (Å²) in [7, 11) is 2.21. The quantitative estimate of drug-likeness (QED) is 0.818. The van der Waals surface area contributed by atoms with Gasteiger partial charge in [-0.1, -0.05) is 32.0 Å². The summed E-state index contributed by atoms with van der Waals surface area (Å²) in [5.41, 5.74) is 10.2. The minimum Gasteiger partial charge on any atom is -0.330 e. The summed E-state index contributed by atoms with van der Waals surface area (Å²) in [5, 5.41) is 0. The maximum atomic E-state index is 5.67. The topological polar surface area (TPSA) is 29.3 Å². The van der Waals surface area contributed by atoms with Gasteiger partial charge in [-0.15, -0.1) is 0 Å². The average Bonchev–Trinajstić information content (AvgIpc) is 2.30. The molecule has 2 heteroatoms. The number of benzene rings is 1. The third kappa shape index (κ3) is 5.75. The van der Waals surface area contributed by atoms with Crippen molar-refractivity contribution in [3.63, 3.8) is 0 Å². The average molecular weight is 262 g/mol. The Morgan fingerprint density at radius 1 is 1.16 bits per heavy atom. The monoisotopic (exact) mass is 262 g/mol. The zero-order chi connectivity index (χ0) is 14.5. The van der Waals surface area contributed by atoms with Gasteiger partial charge in [-0.05, 0) is 62.4 Å². The van der Waals surface area contributed by atoms with Gasteiger partial charge in [-0.25, -0.2) is 0 Å². The lowest BCUT2D eigenvalue weighted by molar-refractivity contribution is 0.202. The lowest BCUT2D eigenvalue weighted by atomic mass is 9.89. The van der Waals surface area contributed by atoms with Gasteiger partial charge >= 0.3 is 0 Å². The Morgan fingerprint density at radius 3 is 2.42 bits per heavy atom. The van der Waals surface area contributed by atoms with Crippen LogP contribution >= 0.6 is 0 Å². The van der Waals surface area contributed by atoms with Crippen molar-refractivity contribution in [3.8, 4) is 0 Å². The van der Waals surface area contributed by atoms with E-state index < -0.39 is 0 Å². The van der Waals surface area contributed by atoms with Crippen LogP contribution in [0.15, 0.2) is 18.2 Å². The third-order valence-electron chi connectivity index (χ3n) is 3.87. The summed E-state index contributed by atoms with van der Waals surface area (Å²) in [4.78, 5) is 2.42. The normalized spacial score (nSPS) is 12.2. The van der Waals surface area contributed by atoms with Crippen molar-refractivity contribution < 1.29 is 0 Å². The minimum absolute atomic E-state index is 0.312. The Bertz CT molecular complexity index is 396. The van der Waals surface area contributed by atoms with Crippen LogP contribution in [0.25, 0.3) is 0 Å². The molecule has 0 fully saturated rings. The van der Waals surface area contributed by atoms with Crippen molar-refractivity contribution in [2.75, 3.05) is 26.7 Å². The Balaban J connectivity index is 2.45. The zero-order valence-electron chi connectivity index (χ0n) is 13.3. The van der Waals surface area contributed by atoms with E-state index in [1.54, 1.807) is 0 Å². The van der Waals surface area contributed by atoms with Gasteiger partial charge in [0.15, 0.2) is 0 Å². The SMILES string of the molecule is Cc1ccc(CCN(C)CC(C)(C)CCN)cc1C. The molecule has 0 saturated heterocycles. The lowest BCUT2D eigenvalue weighted by Gasteiger charge is -2.30. The van der Waals surface area contributed by atoms with Crippen molar-refractivity contribution in [3.05, 3.63) is 34.9 Å². The molecule has 2 nitrogen and oxygen atoms in total. The first-order valence-electron chi connectivity index (χ1n) is 7.29. The highest BCUT2D eigenvalue weighted by molar-refractivity contribution is 5.30. The highest BCUT2D eigenvalue weighted by Crippen LogP contribution is 2.20. The molecule has 0 aliphatic carbocycles. The molecule has 0 atom stereocenters. The highest BCUT2D eigenvalue weighted by atomic mass is 15.1. The van der Waals surface area contributed by atoms with Crippen molar-refractivity contribution in [1.82, 2.24) is 4.90 Å². The standard InChI is InChI=1S/C17H30N2/c1-14-6-7-16(12-15(14)2)8-11-19(5)13-17(3,4)9-10-18/h6-7,12H,8-11,13,18H2,1-5H3. The van der Waals surface area contributed by atoms with Gasteiger partial charge in [-0.3, -0.25) is 0 Å². The number of likely N-dealkylation sites (N-methyl/N-ethyl adjacent to an activating group) is 1. The van der Waals surface area contributed by atoms with E-state index in [1.807, 2.05) is 0 Å². The molecular weight excluding hydrogens is 232 g/mol. The molecule has 0 bridgehead atoms. The van der Waals surface area contributed by atoms with Gasteiger partial charge in [0, 0.05) is 13.1 Å². The molecule has 0 heterocycles. The summed E-state index contributed by atoms with van der Waals surface area (Å²) in [6, 6.07) is 6.79. The Labute approximate surface area is 119 Å². The van der Waals surface area contributed by atoms with Crippen LogP contribution in [0.2, 0.25) is 0 Å². The van der Waals surface area contributed by atoms with E-state index in [0.29, 0.717) is 5.41 Å².